The fourth-order valence-electron chi connectivity index (χ4n) is 3.40. The van der Waals surface area contributed by atoms with E-state index in [0.29, 0.717) is 4.88 Å². The van der Waals surface area contributed by atoms with Crippen LogP contribution in [0.15, 0.2) is 42.5 Å². The highest BCUT2D eigenvalue weighted by Gasteiger charge is 2.36. The van der Waals surface area contributed by atoms with Crippen molar-refractivity contribution in [3.63, 3.8) is 0 Å². The van der Waals surface area contributed by atoms with Crippen LogP contribution >= 0.6 is 11.3 Å². The number of carbonyl (C=O) groups excluding carboxylic acids is 1. The molecule has 3 aromatic rings. The first-order chi connectivity index (χ1) is 13.4. The number of nitrogens with one attached hydrogen (secondary N) is 1. The number of rotatable bonds is 3. The first kappa shape index (κ1) is 18.2. The Labute approximate surface area is 161 Å². The summed E-state index contributed by atoms with van der Waals surface area (Å²) in [4.78, 5) is 24.4. The molecule has 1 aromatic heterocycles. The molecule has 0 fully saturated rings. The highest BCUT2D eigenvalue weighted by molar-refractivity contribution is 7.15. The highest BCUT2D eigenvalue weighted by Crippen LogP contribution is 2.49. The van der Waals surface area contributed by atoms with Crippen molar-refractivity contribution < 1.29 is 27.9 Å². The van der Waals surface area contributed by atoms with E-state index >= 15 is 0 Å². The molecule has 0 aliphatic carbocycles. The SMILES string of the molecule is O=C1C[C@H](c2cccc(F)c2F)c2sc(C(=O)O)c(-c3cccc(F)c3)c2N1. The zero-order valence-electron chi connectivity index (χ0n) is 14.1. The zero-order chi connectivity index (χ0) is 20.0. The predicted molar refractivity (Wildman–Crippen MR) is 98.1 cm³/mol. The Morgan fingerprint density at radius 1 is 1.14 bits per heavy atom. The number of carboxylic acid groups (broad SMARTS) is 1. The van der Waals surface area contributed by atoms with Crippen molar-refractivity contribution in [2.24, 2.45) is 0 Å². The molecule has 0 saturated heterocycles. The van der Waals surface area contributed by atoms with E-state index in [4.69, 9.17) is 0 Å². The molecule has 0 saturated carbocycles. The minimum absolute atomic E-state index is 0.0277. The van der Waals surface area contributed by atoms with Gasteiger partial charge >= 0.3 is 5.97 Å². The van der Waals surface area contributed by atoms with Crippen LogP contribution in [0.2, 0.25) is 0 Å². The third-order valence-electron chi connectivity index (χ3n) is 4.57. The van der Waals surface area contributed by atoms with Crippen LogP contribution < -0.4 is 5.32 Å². The number of halogens is 3. The van der Waals surface area contributed by atoms with Gasteiger partial charge in [0.15, 0.2) is 11.6 Å². The predicted octanol–water partition coefficient (Wildman–Crippen LogP) is 5.00. The van der Waals surface area contributed by atoms with E-state index < -0.39 is 35.2 Å². The summed E-state index contributed by atoms with van der Waals surface area (Å²) in [5, 5.41) is 12.3. The van der Waals surface area contributed by atoms with Crippen LogP contribution in [0.1, 0.15) is 32.5 Å². The molecular weight excluding hydrogens is 391 g/mol. The van der Waals surface area contributed by atoms with Crippen molar-refractivity contribution in [2.45, 2.75) is 12.3 Å². The van der Waals surface area contributed by atoms with Gasteiger partial charge in [0.1, 0.15) is 10.7 Å². The van der Waals surface area contributed by atoms with E-state index in [2.05, 4.69) is 5.32 Å². The van der Waals surface area contributed by atoms with Gasteiger partial charge in [0.2, 0.25) is 5.91 Å². The monoisotopic (exact) mass is 403 g/mol. The lowest BCUT2D eigenvalue weighted by Gasteiger charge is -2.24. The van der Waals surface area contributed by atoms with Crippen LogP contribution in [0, 0.1) is 17.5 Å². The van der Waals surface area contributed by atoms with Gasteiger partial charge in [-0.1, -0.05) is 24.3 Å². The van der Waals surface area contributed by atoms with Crippen LogP contribution in [-0.4, -0.2) is 17.0 Å². The molecule has 142 valence electrons. The molecule has 2 heterocycles. The maximum absolute atomic E-state index is 14.4. The Morgan fingerprint density at radius 2 is 1.89 bits per heavy atom. The molecule has 8 heteroatoms. The molecule has 4 nitrogen and oxygen atoms in total. The van der Waals surface area contributed by atoms with Crippen LogP contribution in [0.3, 0.4) is 0 Å². The van der Waals surface area contributed by atoms with Crippen molar-refractivity contribution >= 4 is 28.9 Å². The van der Waals surface area contributed by atoms with E-state index in [-0.39, 0.29) is 33.7 Å². The van der Waals surface area contributed by atoms with E-state index in [1.54, 1.807) is 0 Å². The van der Waals surface area contributed by atoms with Crippen LogP contribution in [0.5, 0.6) is 0 Å². The van der Waals surface area contributed by atoms with Crippen molar-refractivity contribution in [3.05, 3.63) is 75.2 Å². The van der Waals surface area contributed by atoms with Crippen molar-refractivity contribution in [3.8, 4) is 11.1 Å². The summed E-state index contributed by atoms with van der Waals surface area (Å²) in [6, 6.07) is 9.00. The molecule has 2 aromatic carbocycles. The standard InChI is InChI=1S/C20H12F3NO3S/c21-10-4-1-3-9(7-10)15-17-18(28-19(15)20(26)27)12(8-14(25)24-17)11-5-2-6-13(22)16(11)23/h1-7,12H,8H2,(H,24,25)(H,26,27)/t12-/m1/s1. The van der Waals surface area contributed by atoms with Gasteiger partial charge in [0, 0.05) is 22.8 Å². The number of carboxylic acids is 1. The molecule has 1 amide bonds. The maximum atomic E-state index is 14.4. The molecule has 4 rings (SSSR count). The summed E-state index contributed by atoms with van der Waals surface area (Å²) >= 11 is 0.864. The van der Waals surface area contributed by atoms with Gasteiger partial charge in [-0.3, -0.25) is 4.79 Å². The lowest BCUT2D eigenvalue weighted by Crippen LogP contribution is -2.23. The van der Waals surface area contributed by atoms with Gasteiger partial charge < -0.3 is 10.4 Å². The van der Waals surface area contributed by atoms with Crippen molar-refractivity contribution in [1.82, 2.24) is 0 Å². The molecule has 0 spiro atoms. The third-order valence-corrected chi connectivity index (χ3v) is 5.86. The lowest BCUT2D eigenvalue weighted by molar-refractivity contribution is -0.116. The molecule has 1 aliphatic rings. The number of fused-ring (bicyclic) bond motifs is 1. The topological polar surface area (TPSA) is 66.4 Å². The molecule has 28 heavy (non-hydrogen) atoms. The fourth-order valence-corrected chi connectivity index (χ4v) is 4.63. The summed E-state index contributed by atoms with van der Waals surface area (Å²) in [5.74, 6) is -5.26. The number of hydrogen-bond donors (Lipinski definition) is 2. The molecule has 2 N–H and O–H groups in total. The number of benzene rings is 2. The van der Waals surface area contributed by atoms with E-state index in [1.165, 1.54) is 30.3 Å². The zero-order valence-corrected chi connectivity index (χ0v) is 14.9. The van der Waals surface area contributed by atoms with Gasteiger partial charge in [0.25, 0.3) is 0 Å². The number of carbonyl (C=O) groups is 2. The second-order valence-corrected chi connectivity index (χ2v) is 7.36. The molecular formula is C20H12F3NO3S. The van der Waals surface area contributed by atoms with Crippen molar-refractivity contribution in [2.75, 3.05) is 5.32 Å². The summed E-state index contributed by atoms with van der Waals surface area (Å²) in [7, 11) is 0. The summed E-state index contributed by atoms with van der Waals surface area (Å²) in [6.07, 6.45) is -0.157. The summed E-state index contributed by atoms with van der Waals surface area (Å²) in [5.41, 5.74) is 0.593. The minimum Gasteiger partial charge on any atom is -0.477 e. The number of aromatic carboxylic acids is 1. The Morgan fingerprint density at radius 3 is 2.61 bits per heavy atom. The molecule has 0 bridgehead atoms. The number of amides is 1. The average Bonchev–Trinajstić information content (AvgIpc) is 3.03. The minimum atomic E-state index is -1.26. The number of hydrogen-bond acceptors (Lipinski definition) is 3. The van der Waals surface area contributed by atoms with Gasteiger partial charge in [-0.2, -0.15) is 0 Å². The highest BCUT2D eigenvalue weighted by atomic mass is 32.1. The smallest absolute Gasteiger partial charge is 0.346 e. The van der Waals surface area contributed by atoms with Gasteiger partial charge in [-0.15, -0.1) is 11.3 Å². The van der Waals surface area contributed by atoms with Crippen LogP contribution in [0.25, 0.3) is 11.1 Å². The third kappa shape index (κ3) is 2.95. The second kappa shape index (κ2) is 6.79. The van der Waals surface area contributed by atoms with Gasteiger partial charge in [-0.25, -0.2) is 18.0 Å². The van der Waals surface area contributed by atoms with E-state index in [0.717, 1.165) is 23.5 Å². The number of anilines is 1. The second-order valence-electron chi connectivity index (χ2n) is 6.31. The Hall–Kier alpha value is -3.13. The fraction of sp³-hybridized carbons (Fsp3) is 0.100. The average molecular weight is 403 g/mol. The largest absolute Gasteiger partial charge is 0.477 e. The first-order valence-electron chi connectivity index (χ1n) is 8.26. The van der Waals surface area contributed by atoms with E-state index in [1.807, 2.05) is 0 Å². The van der Waals surface area contributed by atoms with Gasteiger partial charge in [0.05, 0.1) is 5.69 Å². The molecule has 1 atom stereocenters. The Bertz CT molecular complexity index is 1130. The summed E-state index contributed by atoms with van der Waals surface area (Å²) in [6.45, 7) is 0. The maximum Gasteiger partial charge on any atom is 0.346 e. The van der Waals surface area contributed by atoms with Crippen LogP contribution in [0.4, 0.5) is 18.9 Å². The Kier molecular flexibility index (Phi) is 4.43. The van der Waals surface area contributed by atoms with Crippen molar-refractivity contribution in [1.29, 1.82) is 0 Å². The molecule has 1 aliphatic heterocycles. The molecule has 0 unspecified atom stereocenters. The summed E-state index contributed by atoms with van der Waals surface area (Å²) < 4.78 is 41.8. The Balaban J connectivity index is 1.98. The normalized spacial score (nSPS) is 15.8. The first-order valence-corrected chi connectivity index (χ1v) is 9.08. The quantitative estimate of drug-likeness (QED) is 0.647. The van der Waals surface area contributed by atoms with Gasteiger partial charge in [-0.05, 0) is 29.3 Å². The lowest BCUT2D eigenvalue weighted by atomic mass is 9.88. The van der Waals surface area contributed by atoms with E-state index in [9.17, 15) is 27.9 Å². The van der Waals surface area contributed by atoms with Crippen LogP contribution in [-0.2, 0) is 4.79 Å². The molecule has 0 radical (unpaired) electrons. The number of thiophene rings is 1.